The molecule has 2 aliphatic carbocycles. The van der Waals surface area contributed by atoms with Crippen molar-refractivity contribution in [3.05, 3.63) is 22.3 Å². The molecule has 2 fully saturated rings. The Labute approximate surface area is 212 Å². The third-order valence-corrected chi connectivity index (χ3v) is 6.99. The van der Waals surface area contributed by atoms with Crippen LogP contribution in [0.5, 0.6) is 0 Å². The predicted octanol–water partition coefficient (Wildman–Crippen LogP) is 1.59. The minimum Gasteiger partial charge on any atom is -0.450 e. The Morgan fingerprint density at radius 1 is 1.00 bits per heavy atom. The quantitative estimate of drug-likeness (QED) is 0.234. The second kappa shape index (κ2) is 12.8. The number of allylic oxidation sites excluding steroid dienone is 4. The van der Waals surface area contributed by atoms with Gasteiger partial charge >= 0.3 is 6.09 Å². The Morgan fingerprint density at radius 3 is 2.39 bits per heavy atom. The number of rotatable bonds is 12. The fourth-order valence-electron chi connectivity index (χ4n) is 4.40. The molecule has 1 saturated heterocycles. The van der Waals surface area contributed by atoms with Gasteiger partial charge < -0.3 is 26.0 Å². The number of hydrogen-bond acceptors (Lipinski definition) is 7. The minimum atomic E-state index is -0.647. The third-order valence-electron chi connectivity index (χ3n) is 6.99. The maximum Gasteiger partial charge on any atom is 0.407 e. The summed E-state index contributed by atoms with van der Waals surface area (Å²) in [6.07, 6.45) is 4.70. The molecule has 3 aliphatic rings. The SMILES string of the molecule is CC1=C(C)C(=O)C(CCCOC(=O)NCCC[C@H](NC(=O)[C@@H]2CCCN2)C(=O)NC2CC2)=C(C)C1=O. The molecule has 0 unspecified atom stereocenters. The van der Waals surface area contributed by atoms with E-state index in [9.17, 15) is 24.0 Å². The molecule has 198 valence electrons. The molecule has 0 aromatic carbocycles. The van der Waals surface area contributed by atoms with Gasteiger partial charge in [-0.2, -0.15) is 0 Å². The van der Waals surface area contributed by atoms with Crippen LogP contribution in [0.1, 0.15) is 72.1 Å². The first-order valence-electron chi connectivity index (χ1n) is 12.9. The zero-order chi connectivity index (χ0) is 26.2. The summed E-state index contributed by atoms with van der Waals surface area (Å²) in [5.41, 5.74) is 1.90. The molecular formula is C26H38N4O6. The van der Waals surface area contributed by atoms with Gasteiger partial charge in [0.1, 0.15) is 6.04 Å². The Bertz CT molecular complexity index is 959. The summed E-state index contributed by atoms with van der Waals surface area (Å²) in [5, 5.41) is 11.6. The molecule has 36 heavy (non-hydrogen) atoms. The Kier molecular flexibility index (Phi) is 9.81. The van der Waals surface area contributed by atoms with E-state index >= 15 is 0 Å². The summed E-state index contributed by atoms with van der Waals surface area (Å²) >= 11 is 0. The van der Waals surface area contributed by atoms with E-state index in [0.29, 0.717) is 54.5 Å². The lowest BCUT2D eigenvalue weighted by atomic mass is 9.84. The maximum absolute atomic E-state index is 12.6. The molecule has 0 aromatic rings. The van der Waals surface area contributed by atoms with E-state index in [0.717, 1.165) is 32.2 Å². The number of carbonyl (C=O) groups excluding carboxylic acids is 5. The fraction of sp³-hybridized carbons (Fsp3) is 0.654. The average Bonchev–Trinajstić information content (AvgIpc) is 3.49. The topological polar surface area (TPSA) is 143 Å². The van der Waals surface area contributed by atoms with Crippen LogP contribution < -0.4 is 21.3 Å². The Hall–Kier alpha value is -3.01. The number of hydrogen-bond donors (Lipinski definition) is 4. The second-order valence-corrected chi connectivity index (χ2v) is 9.81. The van der Waals surface area contributed by atoms with Gasteiger partial charge in [0.2, 0.25) is 11.8 Å². The summed E-state index contributed by atoms with van der Waals surface area (Å²) in [4.78, 5) is 61.8. The first kappa shape index (κ1) is 27.6. The Balaban J connectivity index is 1.35. The highest BCUT2D eigenvalue weighted by atomic mass is 16.5. The van der Waals surface area contributed by atoms with Crippen molar-refractivity contribution < 1.29 is 28.7 Å². The van der Waals surface area contributed by atoms with Crippen LogP contribution in [-0.2, 0) is 23.9 Å². The predicted molar refractivity (Wildman–Crippen MR) is 133 cm³/mol. The zero-order valence-electron chi connectivity index (χ0n) is 21.5. The van der Waals surface area contributed by atoms with Gasteiger partial charge in [0, 0.05) is 34.9 Å². The number of nitrogens with one attached hydrogen (secondary N) is 4. The van der Waals surface area contributed by atoms with Crippen molar-refractivity contribution in [2.24, 2.45) is 0 Å². The van der Waals surface area contributed by atoms with Gasteiger partial charge in [-0.25, -0.2) is 4.79 Å². The zero-order valence-corrected chi connectivity index (χ0v) is 21.5. The maximum atomic E-state index is 12.6. The van der Waals surface area contributed by atoms with Crippen molar-refractivity contribution in [1.29, 1.82) is 0 Å². The first-order chi connectivity index (χ1) is 17.2. The van der Waals surface area contributed by atoms with Crippen LogP contribution in [0, 0.1) is 0 Å². The first-order valence-corrected chi connectivity index (χ1v) is 12.9. The fourth-order valence-corrected chi connectivity index (χ4v) is 4.40. The van der Waals surface area contributed by atoms with Crippen molar-refractivity contribution in [3.8, 4) is 0 Å². The molecular weight excluding hydrogens is 464 g/mol. The van der Waals surface area contributed by atoms with E-state index in [1.54, 1.807) is 20.8 Å². The monoisotopic (exact) mass is 502 g/mol. The van der Waals surface area contributed by atoms with Crippen LogP contribution in [0.4, 0.5) is 4.79 Å². The summed E-state index contributed by atoms with van der Waals surface area (Å²) in [6, 6.07) is -0.716. The van der Waals surface area contributed by atoms with Crippen LogP contribution >= 0.6 is 0 Å². The number of Topliss-reactive ketones (excluding diaryl/α,β-unsaturated/α-hetero) is 2. The summed E-state index contributed by atoms with van der Waals surface area (Å²) < 4.78 is 5.19. The second-order valence-electron chi connectivity index (χ2n) is 9.81. The van der Waals surface area contributed by atoms with Gasteiger partial charge in [0.25, 0.3) is 0 Å². The molecule has 2 atom stereocenters. The third kappa shape index (κ3) is 7.49. The number of ketones is 2. The number of amides is 3. The normalized spacial score (nSPS) is 20.9. The van der Waals surface area contributed by atoms with Gasteiger partial charge in [-0.15, -0.1) is 0 Å². The molecule has 3 amide bonds. The van der Waals surface area contributed by atoms with Gasteiger partial charge in [-0.3, -0.25) is 19.2 Å². The van der Waals surface area contributed by atoms with Crippen LogP contribution in [0.25, 0.3) is 0 Å². The van der Waals surface area contributed by atoms with Gasteiger partial charge in [0.15, 0.2) is 11.6 Å². The Morgan fingerprint density at radius 2 is 1.72 bits per heavy atom. The van der Waals surface area contributed by atoms with Crippen molar-refractivity contribution in [1.82, 2.24) is 21.3 Å². The van der Waals surface area contributed by atoms with Crippen LogP contribution in [0.2, 0.25) is 0 Å². The summed E-state index contributed by atoms with van der Waals surface area (Å²) in [7, 11) is 0. The van der Waals surface area contributed by atoms with Crippen molar-refractivity contribution in [2.75, 3.05) is 19.7 Å². The number of ether oxygens (including phenoxy) is 1. The highest BCUT2D eigenvalue weighted by Gasteiger charge is 2.31. The van der Waals surface area contributed by atoms with E-state index < -0.39 is 12.1 Å². The van der Waals surface area contributed by atoms with E-state index in [4.69, 9.17) is 4.74 Å². The molecule has 1 aliphatic heterocycles. The largest absolute Gasteiger partial charge is 0.450 e. The highest BCUT2D eigenvalue weighted by molar-refractivity contribution is 6.24. The van der Waals surface area contributed by atoms with Crippen molar-refractivity contribution >= 4 is 29.5 Å². The van der Waals surface area contributed by atoms with Gasteiger partial charge in [-0.05, 0) is 78.7 Å². The van der Waals surface area contributed by atoms with Gasteiger partial charge in [-0.1, -0.05) is 0 Å². The van der Waals surface area contributed by atoms with Crippen LogP contribution in [0.15, 0.2) is 22.3 Å². The molecule has 0 bridgehead atoms. The average molecular weight is 503 g/mol. The van der Waals surface area contributed by atoms with Crippen molar-refractivity contribution in [2.45, 2.75) is 90.3 Å². The van der Waals surface area contributed by atoms with Crippen LogP contribution in [0.3, 0.4) is 0 Å². The smallest absolute Gasteiger partial charge is 0.407 e. The number of carbonyl (C=O) groups is 5. The van der Waals surface area contributed by atoms with E-state index in [1.165, 1.54) is 0 Å². The van der Waals surface area contributed by atoms with E-state index in [-0.39, 0.29) is 42.1 Å². The lowest BCUT2D eigenvalue weighted by molar-refractivity contribution is -0.130. The standard InChI is InChI=1S/C26H38N4O6/c1-15-16(2)23(32)19(17(3)22(15)31)7-6-14-36-26(35)28-13-5-9-21(25(34)29-18-10-11-18)30-24(33)20-8-4-12-27-20/h18,20-21,27H,4-14H2,1-3H3,(H,28,35)(H,29,34)(H,30,33)/t20-,21-/m0/s1. The molecule has 1 saturated carbocycles. The highest BCUT2D eigenvalue weighted by Crippen LogP contribution is 2.26. The molecule has 10 nitrogen and oxygen atoms in total. The molecule has 0 spiro atoms. The lowest BCUT2D eigenvalue weighted by Crippen LogP contribution is -2.52. The molecule has 0 radical (unpaired) electrons. The molecule has 10 heteroatoms. The molecule has 0 aromatic heterocycles. The molecule has 3 rings (SSSR count). The molecule has 1 heterocycles. The lowest BCUT2D eigenvalue weighted by Gasteiger charge is -2.20. The van der Waals surface area contributed by atoms with Crippen molar-refractivity contribution in [3.63, 3.8) is 0 Å². The minimum absolute atomic E-state index is 0.111. The summed E-state index contributed by atoms with van der Waals surface area (Å²) in [6.45, 7) is 6.18. The summed E-state index contributed by atoms with van der Waals surface area (Å²) in [5.74, 6) is -0.585. The van der Waals surface area contributed by atoms with Crippen LogP contribution in [-0.4, -0.2) is 67.3 Å². The van der Waals surface area contributed by atoms with E-state index in [2.05, 4.69) is 21.3 Å². The van der Waals surface area contributed by atoms with Gasteiger partial charge in [0.05, 0.1) is 12.6 Å². The number of alkyl carbamates (subject to hydrolysis) is 1. The molecule has 4 N–H and O–H groups in total. The van der Waals surface area contributed by atoms with E-state index in [1.807, 2.05) is 0 Å².